The summed E-state index contributed by atoms with van der Waals surface area (Å²) in [6.07, 6.45) is 17.2. The van der Waals surface area contributed by atoms with Crippen molar-refractivity contribution in [3.05, 3.63) is 102 Å². The van der Waals surface area contributed by atoms with Crippen LogP contribution in [0.2, 0.25) is 0 Å². The Kier molecular flexibility index (Phi) is 3.32. The smallest absolute Gasteiger partial charge is 0.0520 e. The summed E-state index contributed by atoms with van der Waals surface area (Å²) >= 11 is 0. The molecule has 1 heterocycles. The molecule has 0 fully saturated rings. The van der Waals surface area contributed by atoms with E-state index < -0.39 is 0 Å². The maximum atomic E-state index is 4.92. The van der Waals surface area contributed by atoms with Gasteiger partial charge in [-0.2, -0.15) is 0 Å². The zero-order valence-corrected chi connectivity index (χ0v) is 12.3. The van der Waals surface area contributed by atoms with Crippen molar-refractivity contribution in [1.82, 2.24) is 4.98 Å². The van der Waals surface area contributed by atoms with Crippen molar-refractivity contribution >= 4 is 0 Å². The third-order valence-electron chi connectivity index (χ3n) is 4.15. The second-order valence-electron chi connectivity index (χ2n) is 5.66. The van der Waals surface area contributed by atoms with E-state index in [1.807, 2.05) is 0 Å². The Hall–Kier alpha value is -2.67. The number of nitrogens with zero attached hydrogens (tertiary/aromatic N) is 1. The number of allylic oxidation sites excluding steroid dienone is 8. The molecule has 2 aliphatic rings. The van der Waals surface area contributed by atoms with E-state index in [1.54, 1.807) is 0 Å². The van der Waals surface area contributed by atoms with Crippen molar-refractivity contribution in [1.29, 1.82) is 0 Å². The zero-order chi connectivity index (χ0) is 14.8. The Morgan fingerprint density at radius 1 is 0.591 bits per heavy atom. The fourth-order valence-electron chi connectivity index (χ4n) is 2.97. The van der Waals surface area contributed by atoms with Crippen LogP contribution in [0.1, 0.15) is 23.2 Å². The quantitative estimate of drug-likeness (QED) is 0.757. The number of benzene rings is 1. The van der Waals surface area contributed by atoms with E-state index in [0.29, 0.717) is 0 Å². The summed E-state index contributed by atoms with van der Waals surface area (Å²) in [5.41, 5.74) is 4.72. The van der Waals surface area contributed by atoms with E-state index in [4.69, 9.17) is 4.98 Å². The standard InChI is InChI=1S/C21H17N/c1-2-8-16(9-3-1)19-14-20(17-10-4-5-11-17)22-21(15-19)18-12-6-7-13-18/h1-15,17-18H. The summed E-state index contributed by atoms with van der Waals surface area (Å²) in [6.45, 7) is 0. The second-order valence-corrected chi connectivity index (χ2v) is 5.66. The van der Waals surface area contributed by atoms with Gasteiger partial charge in [0.2, 0.25) is 0 Å². The Morgan fingerprint density at radius 3 is 1.59 bits per heavy atom. The summed E-state index contributed by atoms with van der Waals surface area (Å²) in [5.74, 6) is 0.577. The average molecular weight is 283 g/mol. The lowest BCUT2D eigenvalue weighted by Gasteiger charge is -2.14. The highest BCUT2D eigenvalue weighted by molar-refractivity contribution is 5.65. The van der Waals surface area contributed by atoms with Crippen molar-refractivity contribution < 1.29 is 0 Å². The van der Waals surface area contributed by atoms with Gasteiger partial charge in [0.25, 0.3) is 0 Å². The molecule has 0 radical (unpaired) electrons. The van der Waals surface area contributed by atoms with Gasteiger partial charge in [0, 0.05) is 11.8 Å². The Labute approximate surface area is 131 Å². The molecule has 1 nitrogen and oxygen atoms in total. The Bertz CT molecular complexity index is 724. The molecular formula is C21H17N. The largest absolute Gasteiger partial charge is 0.256 e. The lowest BCUT2D eigenvalue weighted by molar-refractivity contribution is 0.926. The van der Waals surface area contributed by atoms with Gasteiger partial charge in [-0.25, -0.2) is 0 Å². The molecule has 0 N–H and O–H groups in total. The van der Waals surface area contributed by atoms with Crippen molar-refractivity contribution in [3.63, 3.8) is 0 Å². The molecule has 0 aliphatic heterocycles. The average Bonchev–Trinajstić information content (AvgIpc) is 3.29. The molecule has 22 heavy (non-hydrogen) atoms. The van der Waals surface area contributed by atoms with Crippen LogP contribution < -0.4 is 0 Å². The fraction of sp³-hybridized carbons (Fsp3) is 0.0952. The van der Waals surface area contributed by atoms with Gasteiger partial charge in [0.15, 0.2) is 0 Å². The summed E-state index contributed by atoms with van der Waals surface area (Å²) in [6, 6.07) is 15.0. The van der Waals surface area contributed by atoms with Gasteiger partial charge in [-0.05, 0) is 23.3 Å². The third-order valence-corrected chi connectivity index (χ3v) is 4.15. The molecule has 1 heteroatoms. The molecule has 2 aliphatic carbocycles. The highest BCUT2D eigenvalue weighted by Gasteiger charge is 2.16. The number of hydrogen-bond acceptors (Lipinski definition) is 1. The summed E-state index contributed by atoms with van der Waals surface area (Å²) in [5, 5.41) is 0. The van der Waals surface area contributed by atoms with Crippen molar-refractivity contribution in [2.75, 3.05) is 0 Å². The molecule has 1 aromatic carbocycles. The first kappa shape index (κ1) is 13.0. The lowest BCUT2D eigenvalue weighted by Crippen LogP contribution is -2.02. The van der Waals surface area contributed by atoms with Crippen LogP contribution in [0, 0.1) is 0 Å². The first-order valence-corrected chi connectivity index (χ1v) is 7.67. The highest BCUT2D eigenvalue weighted by Crippen LogP contribution is 2.31. The number of pyridine rings is 1. The van der Waals surface area contributed by atoms with Crippen LogP contribution in [0.15, 0.2) is 91.1 Å². The van der Waals surface area contributed by atoms with E-state index in [1.165, 1.54) is 11.1 Å². The molecule has 0 saturated heterocycles. The van der Waals surface area contributed by atoms with Gasteiger partial charge in [-0.3, -0.25) is 4.98 Å². The second kappa shape index (κ2) is 5.61. The SMILES string of the molecule is C1=CC(c2cc(-c3ccccc3)cc(C3C=CC=C3)n2)C=C1. The lowest BCUT2D eigenvalue weighted by atomic mass is 9.96. The minimum atomic E-state index is 0.289. The van der Waals surface area contributed by atoms with Gasteiger partial charge < -0.3 is 0 Å². The van der Waals surface area contributed by atoms with Gasteiger partial charge in [0.1, 0.15) is 0 Å². The Balaban J connectivity index is 1.83. The molecule has 106 valence electrons. The molecule has 0 amide bonds. The molecule has 1 aromatic heterocycles. The summed E-state index contributed by atoms with van der Waals surface area (Å²) in [4.78, 5) is 4.92. The van der Waals surface area contributed by atoms with Crippen LogP contribution in [-0.4, -0.2) is 4.98 Å². The van der Waals surface area contributed by atoms with E-state index in [-0.39, 0.29) is 11.8 Å². The van der Waals surface area contributed by atoms with Gasteiger partial charge in [-0.1, -0.05) is 78.9 Å². The monoisotopic (exact) mass is 283 g/mol. The van der Waals surface area contributed by atoms with Crippen LogP contribution >= 0.6 is 0 Å². The number of aromatic nitrogens is 1. The maximum Gasteiger partial charge on any atom is 0.0520 e. The van der Waals surface area contributed by atoms with Gasteiger partial charge in [-0.15, -0.1) is 0 Å². The molecule has 0 unspecified atom stereocenters. The van der Waals surface area contributed by atoms with E-state index in [9.17, 15) is 0 Å². The predicted molar refractivity (Wildman–Crippen MR) is 91.7 cm³/mol. The van der Waals surface area contributed by atoms with Crippen molar-refractivity contribution in [2.24, 2.45) is 0 Å². The van der Waals surface area contributed by atoms with Gasteiger partial charge in [0.05, 0.1) is 11.4 Å². The number of rotatable bonds is 3. The minimum Gasteiger partial charge on any atom is -0.256 e. The summed E-state index contributed by atoms with van der Waals surface area (Å²) < 4.78 is 0. The Morgan fingerprint density at radius 2 is 1.09 bits per heavy atom. The highest BCUT2D eigenvalue weighted by atomic mass is 14.7. The molecule has 0 atom stereocenters. The fourth-order valence-corrected chi connectivity index (χ4v) is 2.97. The molecule has 0 bridgehead atoms. The third kappa shape index (κ3) is 2.46. The van der Waals surface area contributed by atoms with Crippen LogP contribution in [0.4, 0.5) is 0 Å². The van der Waals surface area contributed by atoms with Crippen molar-refractivity contribution in [3.8, 4) is 11.1 Å². The zero-order valence-electron chi connectivity index (χ0n) is 12.3. The number of hydrogen-bond donors (Lipinski definition) is 0. The van der Waals surface area contributed by atoms with Crippen LogP contribution in [0.3, 0.4) is 0 Å². The van der Waals surface area contributed by atoms with Gasteiger partial charge >= 0.3 is 0 Å². The van der Waals surface area contributed by atoms with Crippen molar-refractivity contribution in [2.45, 2.75) is 11.8 Å². The normalized spacial score (nSPS) is 16.9. The predicted octanol–water partition coefficient (Wildman–Crippen LogP) is 5.17. The first-order chi connectivity index (χ1) is 10.9. The maximum absolute atomic E-state index is 4.92. The topological polar surface area (TPSA) is 12.9 Å². The summed E-state index contributed by atoms with van der Waals surface area (Å²) in [7, 11) is 0. The molecule has 4 rings (SSSR count). The van der Waals surface area contributed by atoms with E-state index in [0.717, 1.165) is 11.4 Å². The van der Waals surface area contributed by atoms with Crippen LogP contribution in [-0.2, 0) is 0 Å². The van der Waals surface area contributed by atoms with Crippen LogP contribution in [0.5, 0.6) is 0 Å². The first-order valence-electron chi connectivity index (χ1n) is 7.67. The molecule has 0 saturated carbocycles. The molecule has 0 spiro atoms. The minimum absolute atomic E-state index is 0.289. The van der Waals surface area contributed by atoms with E-state index >= 15 is 0 Å². The molecule has 2 aromatic rings. The molecular weight excluding hydrogens is 266 g/mol. The van der Waals surface area contributed by atoms with Crippen LogP contribution in [0.25, 0.3) is 11.1 Å². The van der Waals surface area contributed by atoms with E-state index in [2.05, 4.69) is 91.1 Å².